The van der Waals surface area contributed by atoms with Gasteiger partial charge in [0.1, 0.15) is 0 Å². The van der Waals surface area contributed by atoms with Gasteiger partial charge in [0, 0.05) is 24.1 Å². The molecule has 1 aliphatic rings. The summed E-state index contributed by atoms with van der Waals surface area (Å²) in [5.74, 6) is 0.525. The van der Waals surface area contributed by atoms with E-state index in [9.17, 15) is 9.59 Å². The molecule has 1 amide bonds. The number of amides is 1. The Hall–Kier alpha value is -2.43. The molecule has 5 heteroatoms. The van der Waals surface area contributed by atoms with Crippen molar-refractivity contribution in [3.63, 3.8) is 0 Å². The molecule has 1 aromatic heterocycles. The Balaban J connectivity index is 1.64. The van der Waals surface area contributed by atoms with Gasteiger partial charge in [0.2, 0.25) is 5.91 Å². The molecule has 0 aliphatic heterocycles. The van der Waals surface area contributed by atoms with E-state index < -0.39 is 0 Å². The predicted octanol–water partition coefficient (Wildman–Crippen LogP) is 3.30. The summed E-state index contributed by atoms with van der Waals surface area (Å²) >= 11 is 0. The van der Waals surface area contributed by atoms with E-state index in [1.165, 1.54) is 35.6 Å². The molecule has 0 radical (unpaired) electrons. The number of aryl methyl sites for hydroxylation is 2. The van der Waals surface area contributed by atoms with E-state index in [1.54, 1.807) is 6.07 Å². The highest BCUT2D eigenvalue weighted by molar-refractivity contribution is 5.76. The molecule has 1 fully saturated rings. The Morgan fingerprint density at radius 3 is 2.62 bits per heavy atom. The maximum absolute atomic E-state index is 12.3. The summed E-state index contributed by atoms with van der Waals surface area (Å²) in [6, 6.07) is 11.5. The number of aromatic nitrogens is 2. The van der Waals surface area contributed by atoms with Gasteiger partial charge >= 0.3 is 0 Å². The zero-order valence-corrected chi connectivity index (χ0v) is 15.6. The van der Waals surface area contributed by atoms with Crippen LogP contribution in [0.25, 0.3) is 11.3 Å². The first-order valence-electron chi connectivity index (χ1n) is 9.47. The van der Waals surface area contributed by atoms with Gasteiger partial charge < -0.3 is 5.32 Å². The third-order valence-corrected chi connectivity index (χ3v) is 5.22. The van der Waals surface area contributed by atoms with E-state index in [2.05, 4.69) is 17.3 Å². The molecule has 1 aromatic carbocycles. The molecule has 3 rings (SSSR count). The number of nitrogens with zero attached hydrogens (tertiary/aromatic N) is 2. The SMILES string of the molecule is Cc1ccc(-c2ccc(=O)n(CCC(=O)N[C@@H]3CCCC[C@@H]3C)n2)cc1. The Morgan fingerprint density at radius 2 is 1.88 bits per heavy atom. The first-order valence-corrected chi connectivity index (χ1v) is 9.47. The summed E-state index contributed by atoms with van der Waals surface area (Å²) in [5, 5.41) is 7.56. The minimum absolute atomic E-state index is 0.00168. The fourth-order valence-corrected chi connectivity index (χ4v) is 3.50. The highest BCUT2D eigenvalue weighted by Gasteiger charge is 2.22. The van der Waals surface area contributed by atoms with Gasteiger partial charge in [-0.2, -0.15) is 5.10 Å². The number of rotatable bonds is 5. The van der Waals surface area contributed by atoms with Gasteiger partial charge in [-0.15, -0.1) is 0 Å². The van der Waals surface area contributed by atoms with Crippen LogP contribution in [0.4, 0.5) is 0 Å². The lowest BCUT2D eigenvalue weighted by Crippen LogP contribution is -2.41. The summed E-state index contributed by atoms with van der Waals surface area (Å²) in [5.41, 5.74) is 2.70. The van der Waals surface area contributed by atoms with Gasteiger partial charge in [-0.25, -0.2) is 4.68 Å². The van der Waals surface area contributed by atoms with Gasteiger partial charge in [-0.05, 0) is 31.7 Å². The number of carbonyl (C=O) groups is 1. The maximum atomic E-state index is 12.3. The molecule has 2 aromatic rings. The predicted molar refractivity (Wildman–Crippen MR) is 103 cm³/mol. The molecule has 138 valence electrons. The standard InChI is InChI=1S/C21H27N3O2/c1-15-7-9-17(10-8-15)19-11-12-21(26)24(23-19)14-13-20(25)22-18-6-4-3-5-16(18)2/h7-12,16,18H,3-6,13-14H2,1-2H3,(H,22,25)/t16-,18+/m0/s1. The van der Waals surface area contributed by atoms with Crippen LogP contribution < -0.4 is 10.9 Å². The molecule has 2 atom stereocenters. The molecule has 0 spiro atoms. The molecular formula is C21H27N3O2. The highest BCUT2D eigenvalue weighted by Crippen LogP contribution is 2.23. The third-order valence-electron chi connectivity index (χ3n) is 5.22. The van der Waals surface area contributed by atoms with Crippen LogP contribution in [0.15, 0.2) is 41.2 Å². The first-order chi connectivity index (χ1) is 12.5. The third kappa shape index (κ3) is 4.59. The van der Waals surface area contributed by atoms with E-state index in [0.717, 1.165) is 17.7 Å². The molecule has 0 saturated heterocycles. The molecule has 1 saturated carbocycles. The van der Waals surface area contributed by atoms with E-state index in [0.29, 0.717) is 12.5 Å². The number of carbonyl (C=O) groups excluding carboxylic acids is 1. The van der Waals surface area contributed by atoms with Crippen molar-refractivity contribution < 1.29 is 4.79 Å². The van der Waals surface area contributed by atoms with Crippen molar-refractivity contribution in [1.82, 2.24) is 15.1 Å². The van der Waals surface area contributed by atoms with Gasteiger partial charge in [-0.3, -0.25) is 9.59 Å². The fraction of sp³-hybridized carbons (Fsp3) is 0.476. The van der Waals surface area contributed by atoms with Crippen LogP contribution in [0, 0.1) is 12.8 Å². The monoisotopic (exact) mass is 353 g/mol. The van der Waals surface area contributed by atoms with Gasteiger partial charge in [-0.1, -0.05) is 49.6 Å². The van der Waals surface area contributed by atoms with E-state index in [4.69, 9.17) is 0 Å². The lowest BCUT2D eigenvalue weighted by Gasteiger charge is -2.29. The summed E-state index contributed by atoms with van der Waals surface area (Å²) in [6.07, 6.45) is 4.92. The van der Waals surface area contributed by atoms with Crippen LogP contribution in [0.1, 0.15) is 44.6 Å². The Bertz CT molecular complexity index is 811. The van der Waals surface area contributed by atoms with Gasteiger partial charge in [0.25, 0.3) is 5.56 Å². The Kier molecular flexibility index (Phi) is 5.86. The smallest absolute Gasteiger partial charge is 0.266 e. The number of hydrogen-bond acceptors (Lipinski definition) is 3. The Morgan fingerprint density at radius 1 is 1.15 bits per heavy atom. The van der Waals surface area contributed by atoms with E-state index in [-0.39, 0.29) is 23.9 Å². The minimum atomic E-state index is -0.181. The van der Waals surface area contributed by atoms with E-state index >= 15 is 0 Å². The Labute approximate surface area is 154 Å². The minimum Gasteiger partial charge on any atom is -0.353 e. The molecule has 1 aliphatic carbocycles. The average molecular weight is 353 g/mol. The number of benzene rings is 1. The molecule has 0 bridgehead atoms. The highest BCUT2D eigenvalue weighted by atomic mass is 16.2. The summed E-state index contributed by atoms with van der Waals surface area (Å²) in [4.78, 5) is 24.4. The zero-order valence-electron chi connectivity index (χ0n) is 15.6. The lowest BCUT2D eigenvalue weighted by molar-refractivity contribution is -0.122. The van der Waals surface area contributed by atoms with Crippen LogP contribution in [-0.4, -0.2) is 21.7 Å². The second-order valence-corrected chi connectivity index (χ2v) is 7.33. The van der Waals surface area contributed by atoms with Crippen molar-refractivity contribution in [3.8, 4) is 11.3 Å². The number of nitrogens with one attached hydrogen (secondary N) is 1. The summed E-state index contributed by atoms with van der Waals surface area (Å²) < 4.78 is 1.39. The van der Waals surface area contributed by atoms with Crippen LogP contribution in [0.2, 0.25) is 0 Å². The van der Waals surface area contributed by atoms with Crippen molar-refractivity contribution in [2.24, 2.45) is 5.92 Å². The average Bonchev–Trinajstić information content (AvgIpc) is 2.64. The molecule has 1 heterocycles. The van der Waals surface area contributed by atoms with Crippen molar-refractivity contribution in [3.05, 3.63) is 52.3 Å². The second-order valence-electron chi connectivity index (χ2n) is 7.33. The normalized spacial score (nSPS) is 19.9. The molecule has 5 nitrogen and oxygen atoms in total. The van der Waals surface area contributed by atoms with E-state index in [1.807, 2.05) is 31.2 Å². The van der Waals surface area contributed by atoms with Crippen LogP contribution in [-0.2, 0) is 11.3 Å². The van der Waals surface area contributed by atoms with Crippen molar-refractivity contribution in [2.75, 3.05) is 0 Å². The maximum Gasteiger partial charge on any atom is 0.266 e. The molecule has 0 unspecified atom stereocenters. The van der Waals surface area contributed by atoms with Crippen molar-refractivity contribution >= 4 is 5.91 Å². The van der Waals surface area contributed by atoms with Gasteiger partial charge in [0.05, 0.1) is 12.2 Å². The molecular weight excluding hydrogens is 326 g/mol. The number of hydrogen-bond donors (Lipinski definition) is 1. The fourth-order valence-electron chi connectivity index (χ4n) is 3.50. The first kappa shape index (κ1) is 18.4. The lowest BCUT2D eigenvalue weighted by atomic mass is 9.86. The topological polar surface area (TPSA) is 64.0 Å². The summed E-state index contributed by atoms with van der Waals surface area (Å²) in [6.45, 7) is 4.52. The van der Waals surface area contributed by atoms with Gasteiger partial charge in [0.15, 0.2) is 0 Å². The summed E-state index contributed by atoms with van der Waals surface area (Å²) in [7, 11) is 0. The molecule has 26 heavy (non-hydrogen) atoms. The quantitative estimate of drug-likeness (QED) is 0.897. The molecule has 1 N–H and O–H groups in total. The second kappa shape index (κ2) is 8.30. The van der Waals surface area contributed by atoms with Crippen molar-refractivity contribution in [2.45, 2.75) is 58.5 Å². The zero-order chi connectivity index (χ0) is 18.5. The van der Waals surface area contributed by atoms with Crippen LogP contribution in [0.5, 0.6) is 0 Å². The van der Waals surface area contributed by atoms with Crippen molar-refractivity contribution in [1.29, 1.82) is 0 Å². The van der Waals surface area contributed by atoms with Crippen LogP contribution >= 0.6 is 0 Å². The van der Waals surface area contributed by atoms with Crippen LogP contribution in [0.3, 0.4) is 0 Å². The largest absolute Gasteiger partial charge is 0.353 e.